The monoisotopic (exact) mass is 520 g/mol. The van der Waals surface area contributed by atoms with Gasteiger partial charge >= 0.3 is 0 Å². The lowest BCUT2D eigenvalue weighted by atomic mass is 9.83. The number of likely N-dealkylation sites (tertiary alicyclic amines) is 1. The molecule has 0 amide bonds. The van der Waals surface area contributed by atoms with Gasteiger partial charge in [0.2, 0.25) is 16.8 Å². The van der Waals surface area contributed by atoms with E-state index in [1.807, 2.05) is 38.1 Å². The third-order valence-electron chi connectivity index (χ3n) is 7.80. The number of unbranched alkanes of at least 4 members (excludes halogenated alkanes) is 1. The van der Waals surface area contributed by atoms with Gasteiger partial charge in [-0.15, -0.1) is 0 Å². The highest BCUT2D eigenvalue weighted by molar-refractivity contribution is 7.89. The van der Waals surface area contributed by atoms with Gasteiger partial charge in [0.05, 0.1) is 4.90 Å². The average Bonchev–Trinajstić information content (AvgIpc) is 3.38. The second-order valence-corrected chi connectivity index (χ2v) is 11.9. The van der Waals surface area contributed by atoms with Crippen LogP contribution in [0, 0.1) is 6.92 Å². The third kappa shape index (κ3) is 5.26. The van der Waals surface area contributed by atoms with Gasteiger partial charge in [-0.05, 0) is 73.7 Å². The van der Waals surface area contributed by atoms with Gasteiger partial charge in [-0.1, -0.05) is 55.5 Å². The van der Waals surface area contributed by atoms with E-state index in [0.29, 0.717) is 29.9 Å². The molecule has 196 valence electrons. The summed E-state index contributed by atoms with van der Waals surface area (Å²) >= 11 is 0. The number of benzene rings is 3. The summed E-state index contributed by atoms with van der Waals surface area (Å²) in [4.78, 5) is 2.92. The Kier molecular flexibility index (Phi) is 7.56. The van der Waals surface area contributed by atoms with Crippen molar-refractivity contribution in [3.63, 3.8) is 0 Å². The van der Waals surface area contributed by atoms with E-state index in [1.54, 1.807) is 16.4 Å². The molecule has 1 fully saturated rings. The maximum Gasteiger partial charge on any atom is 0.243 e. The Morgan fingerprint density at radius 1 is 0.946 bits per heavy atom. The van der Waals surface area contributed by atoms with E-state index in [-0.39, 0.29) is 6.79 Å². The fraction of sp³-hybridized carbons (Fsp3) is 0.400. The highest BCUT2D eigenvalue weighted by Crippen LogP contribution is 2.38. The van der Waals surface area contributed by atoms with Crippen LogP contribution in [0.4, 0.5) is 0 Å². The quantitative estimate of drug-likeness (QED) is 0.323. The molecule has 7 heteroatoms. The molecule has 2 heterocycles. The number of hydrogen-bond acceptors (Lipinski definition) is 5. The molecule has 3 aromatic rings. The molecular weight excluding hydrogens is 484 g/mol. The largest absolute Gasteiger partial charge is 0.454 e. The van der Waals surface area contributed by atoms with E-state index in [2.05, 4.69) is 42.2 Å². The summed E-state index contributed by atoms with van der Waals surface area (Å²) in [6.07, 6.45) is 1.84. The first-order valence-corrected chi connectivity index (χ1v) is 14.6. The normalized spacial score (nSPS) is 19.2. The van der Waals surface area contributed by atoms with Crippen LogP contribution in [0.3, 0.4) is 0 Å². The Labute approximate surface area is 220 Å². The van der Waals surface area contributed by atoms with Gasteiger partial charge in [-0.25, -0.2) is 8.42 Å². The number of hydrogen-bond donors (Lipinski definition) is 0. The molecule has 0 saturated carbocycles. The topological polar surface area (TPSA) is 59.1 Å². The molecule has 2 aliphatic rings. The van der Waals surface area contributed by atoms with Crippen LogP contribution in [-0.4, -0.2) is 56.6 Å². The summed E-state index contributed by atoms with van der Waals surface area (Å²) in [6.45, 7) is 9.43. The Bertz CT molecular complexity index is 1340. The van der Waals surface area contributed by atoms with Crippen molar-refractivity contribution < 1.29 is 17.9 Å². The van der Waals surface area contributed by atoms with Crippen molar-refractivity contribution in [3.05, 3.63) is 77.9 Å². The van der Waals surface area contributed by atoms with Crippen molar-refractivity contribution >= 4 is 10.0 Å². The Morgan fingerprint density at radius 2 is 1.68 bits per heavy atom. The van der Waals surface area contributed by atoms with Crippen LogP contribution in [0.5, 0.6) is 11.5 Å². The molecule has 2 unspecified atom stereocenters. The maximum absolute atomic E-state index is 13.1. The van der Waals surface area contributed by atoms with E-state index >= 15 is 0 Å². The first-order chi connectivity index (χ1) is 17.9. The Hall–Kier alpha value is -2.87. The smallest absolute Gasteiger partial charge is 0.243 e. The number of rotatable bonds is 10. The summed E-state index contributed by atoms with van der Waals surface area (Å²) in [5, 5.41) is 0. The predicted molar refractivity (Wildman–Crippen MR) is 147 cm³/mol. The SMILES string of the molecule is CCN(CCCCN1CC(c2ccc(-c3ccc4c(c3)OCO4)cc2)C1C)S(=O)(=O)c1ccccc1C. The van der Waals surface area contributed by atoms with Crippen molar-refractivity contribution in [2.24, 2.45) is 0 Å². The summed E-state index contributed by atoms with van der Waals surface area (Å²) in [5.74, 6) is 2.14. The lowest BCUT2D eigenvalue weighted by Crippen LogP contribution is -2.53. The van der Waals surface area contributed by atoms with Crippen LogP contribution in [0.15, 0.2) is 71.6 Å². The molecule has 0 N–H and O–H groups in total. The molecule has 1 saturated heterocycles. The molecule has 0 radical (unpaired) electrons. The summed E-state index contributed by atoms with van der Waals surface area (Å²) in [6, 6.07) is 22.7. The number of nitrogens with zero attached hydrogens (tertiary/aromatic N) is 2. The number of aryl methyl sites for hydroxylation is 1. The van der Waals surface area contributed by atoms with Crippen LogP contribution >= 0.6 is 0 Å². The van der Waals surface area contributed by atoms with E-state index in [9.17, 15) is 8.42 Å². The van der Waals surface area contributed by atoms with Crippen LogP contribution in [0.25, 0.3) is 11.1 Å². The zero-order valence-electron chi connectivity index (χ0n) is 21.9. The molecule has 3 aromatic carbocycles. The average molecular weight is 521 g/mol. The molecule has 2 aliphatic heterocycles. The van der Waals surface area contributed by atoms with Gasteiger partial charge in [0.15, 0.2) is 11.5 Å². The molecular formula is C30H36N2O4S. The minimum absolute atomic E-state index is 0.289. The second kappa shape index (κ2) is 10.9. The molecule has 5 rings (SSSR count). The third-order valence-corrected chi connectivity index (χ3v) is 9.94. The molecule has 0 bridgehead atoms. The molecule has 0 aliphatic carbocycles. The fourth-order valence-corrected chi connectivity index (χ4v) is 7.11. The molecule has 6 nitrogen and oxygen atoms in total. The van der Waals surface area contributed by atoms with Crippen molar-refractivity contribution in [3.8, 4) is 22.6 Å². The molecule has 0 aromatic heterocycles. The molecule has 37 heavy (non-hydrogen) atoms. The Balaban J connectivity index is 1.10. The summed E-state index contributed by atoms with van der Waals surface area (Å²) in [7, 11) is -3.45. The first kappa shape index (κ1) is 25.8. The molecule has 0 spiro atoms. The number of fused-ring (bicyclic) bond motifs is 1. The lowest BCUT2D eigenvalue weighted by Gasteiger charge is -2.47. The van der Waals surface area contributed by atoms with E-state index in [0.717, 1.165) is 48.6 Å². The van der Waals surface area contributed by atoms with Crippen LogP contribution in [0.2, 0.25) is 0 Å². The van der Waals surface area contributed by atoms with Crippen molar-refractivity contribution in [1.82, 2.24) is 9.21 Å². The van der Waals surface area contributed by atoms with Gasteiger partial charge in [0, 0.05) is 31.6 Å². The van der Waals surface area contributed by atoms with Crippen LogP contribution < -0.4 is 9.47 Å². The minimum atomic E-state index is -3.45. The summed E-state index contributed by atoms with van der Waals surface area (Å²) < 4.78 is 38.7. The molecule has 2 atom stereocenters. The van der Waals surface area contributed by atoms with E-state index < -0.39 is 10.0 Å². The fourth-order valence-electron chi connectivity index (χ4n) is 5.40. The van der Waals surface area contributed by atoms with Gasteiger partial charge in [-0.2, -0.15) is 4.31 Å². The van der Waals surface area contributed by atoms with Gasteiger partial charge < -0.3 is 9.47 Å². The standard InChI is InChI=1S/C30H36N2O4S/c1-4-32(37(33,34)30-10-6-5-9-22(30)2)18-8-7-17-31-20-27(23(31)3)25-13-11-24(12-14-25)26-15-16-28-29(19-26)36-21-35-28/h5-6,9-16,19,23,27H,4,7-8,17-18,20-21H2,1-3H3. The highest BCUT2D eigenvalue weighted by atomic mass is 32.2. The van der Waals surface area contributed by atoms with E-state index in [1.165, 1.54) is 11.1 Å². The number of ether oxygens (including phenoxy) is 2. The van der Waals surface area contributed by atoms with Gasteiger partial charge in [0.1, 0.15) is 0 Å². The minimum Gasteiger partial charge on any atom is -0.454 e. The van der Waals surface area contributed by atoms with Crippen molar-refractivity contribution in [1.29, 1.82) is 0 Å². The zero-order chi connectivity index (χ0) is 26.0. The van der Waals surface area contributed by atoms with Crippen LogP contribution in [-0.2, 0) is 10.0 Å². The van der Waals surface area contributed by atoms with Gasteiger partial charge in [0.25, 0.3) is 0 Å². The number of sulfonamides is 1. The summed E-state index contributed by atoms with van der Waals surface area (Å²) in [5.41, 5.74) is 4.47. The van der Waals surface area contributed by atoms with Crippen molar-refractivity contribution in [2.45, 2.75) is 50.5 Å². The van der Waals surface area contributed by atoms with Crippen LogP contribution in [0.1, 0.15) is 43.7 Å². The highest BCUT2D eigenvalue weighted by Gasteiger charge is 2.35. The second-order valence-electron chi connectivity index (χ2n) is 10.0. The zero-order valence-corrected chi connectivity index (χ0v) is 22.7. The predicted octanol–water partition coefficient (Wildman–Crippen LogP) is 5.67. The lowest BCUT2D eigenvalue weighted by molar-refractivity contribution is 0.0705. The van der Waals surface area contributed by atoms with Gasteiger partial charge in [-0.3, -0.25) is 4.90 Å². The van der Waals surface area contributed by atoms with Crippen molar-refractivity contribution in [2.75, 3.05) is 33.0 Å². The van der Waals surface area contributed by atoms with E-state index in [4.69, 9.17) is 9.47 Å². The maximum atomic E-state index is 13.1. The first-order valence-electron chi connectivity index (χ1n) is 13.2. The Morgan fingerprint density at radius 3 is 2.41 bits per heavy atom.